The molecule has 4 aromatic carbocycles. The molecule has 0 saturated carbocycles. The Kier molecular flexibility index (Phi) is 7.16. The summed E-state index contributed by atoms with van der Waals surface area (Å²) in [7, 11) is 0. The molecular weight excluding hydrogens is 498 g/mol. The van der Waals surface area contributed by atoms with Crippen molar-refractivity contribution in [2.24, 2.45) is 0 Å². The molecule has 3 heteroatoms. The van der Waals surface area contributed by atoms with Gasteiger partial charge < -0.3 is 0 Å². The van der Waals surface area contributed by atoms with Crippen LogP contribution in [-0.4, -0.2) is 29.4 Å². The van der Waals surface area contributed by atoms with E-state index in [2.05, 4.69) is 125 Å². The van der Waals surface area contributed by atoms with E-state index in [-0.39, 0.29) is 0 Å². The molecule has 0 heterocycles. The molecule has 0 aliphatic rings. The van der Waals surface area contributed by atoms with Gasteiger partial charge in [-0.25, -0.2) is 0 Å². The SMILES string of the molecule is Cc1cc[c]([Ge]([O][Ge]([c]2ccc(C)cc2)[c]2ccc(C)cc2)[c]2ccc(C)cc2)cc1. The molecule has 0 spiro atoms. The summed E-state index contributed by atoms with van der Waals surface area (Å²) in [5.41, 5.74) is 5.16. The van der Waals surface area contributed by atoms with Crippen molar-refractivity contribution in [1.29, 1.82) is 0 Å². The first kappa shape index (κ1) is 22.1. The van der Waals surface area contributed by atoms with Crippen molar-refractivity contribution < 1.29 is 2.79 Å². The minimum absolute atomic E-state index is 1.29. The molecule has 0 aliphatic carbocycles. The zero-order valence-corrected chi connectivity index (χ0v) is 22.8. The molecule has 2 radical (unpaired) electrons. The average Bonchev–Trinajstić information content (AvgIpc) is 2.78. The second-order valence-corrected chi connectivity index (χ2v) is 18.5. The molecule has 0 unspecified atom stereocenters. The Morgan fingerprint density at radius 2 is 0.548 bits per heavy atom. The van der Waals surface area contributed by atoms with Crippen LogP contribution in [0.3, 0.4) is 0 Å². The van der Waals surface area contributed by atoms with Gasteiger partial charge in [0, 0.05) is 0 Å². The summed E-state index contributed by atoms with van der Waals surface area (Å²) in [5, 5.41) is 0. The molecule has 0 aliphatic heterocycles. The second-order valence-electron chi connectivity index (χ2n) is 8.22. The van der Waals surface area contributed by atoms with Gasteiger partial charge in [0.05, 0.1) is 0 Å². The van der Waals surface area contributed by atoms with Crippen LogP contribution in [0, 0.1) is 27.7 Å². The Hall–Kier alpha value is -2.07. The van der Waals surface area contributed by atoms with Gasteiger partial charge in [0.1, 0.15) is 0 Å². The molecule has 0 saturated heterocycles. The fourth-order valence-corrected chi connectivity index (χ4v) is 17.6. The van der Waals surface area contributed by atoms with E-state index in [0.29, 0.717) is 0 Å². The van der Waals surface area contributed by atoms with E-state index in [1.165, 1.54) is 39.8 Å². The van der Waals surface area contributed by atoms with E-state index in [9.17, 15) is 0 Å². The molecule has 0 aromatic heterocycles. The van der Waals surface area contributed by atoms with Crippen LogP contribution in [0.5, 0.6) is 0 Å². The molecule has 0 fully saturated rings. The van der Waals surface area contributed by atoms with Gasteiger partial charge in [-0.15, -0.1) is 0 Å². The number of aryl methyl sites for hydroxylation is 4. The fourth-order valence-electron chi connectivity index (χ4n) is 3.49. The van der Waals surface area contributed by atoms with E-state index < -0.39 is 29.4 Å². The zero-order valence-electron chi connectivity index (χ0n) is 18.6. The standard InChI is InChI=1S/C28H28Ge2O/c1-21-5-13-25(14-6-21)29(26-15-7-22(2)8-16-26)31-30(27-17-9-23(3)10-18-27)28-19-11-24(4)12-20-28/h5-20H,1-4H3. The van der Waals surface area contributed by atoms with Gasteiger partial charge in [-0.05, 0) is 0 Å². The topological polar surface area (TPSA) is 9.23 Å². The van der Waals surface area contributed by atoms with E-state index in [1.807, 2.05) is 0 Å². The molecule has 0 atom stereocenters. The number of hydrogen-bond acceptors (Lipinski definition) is 1. The Labute approximate surface area is 196 Å². The van der Waals surface area contributed by atoms with E-state index in [0.717, 1.165) is 0 Å². The van der Waals surface area contributed by atoms with Crippen LogP contribution in [0.25, 0.3) is 0 Å². The minimum atomic E-state index is -2.19. The summed E-state index contributed by atoms with van der Waals surface area (Å²) >= 11 is -4.38. The van der Waals surface area contributed by atoms with Crippen molar-refractivity contribution in [3.05, 3.63) is 119 Å². The fraction of sp³-hybridized carbons (Fsp3) is 0.143. The predicted octanol–water partition coefficient (Wildman–Crippen LogP) is 3.85. The van der Waals surface area contributed by atoms with E-state index in [4.69, 9.17) is 2.79 Å². The molecular formula is C28H28Ge2O. The van der Waals surface area contributed by atoms with Crippen molar-refractivity contribution in [2.45, 2.75) is 27.7 Å². The molecule has 4 rings (SSSR count). The third-order valence-corrected chi connectivity index (χ3v) is 18.0. The Morgan fingerprint density at radius 3 is 0.742 bits per heavy atom. The predicted molar refractivity (Wildman–Crippen MR) is 136 cm³/mol. The van der Waals surface area contributed by atoms with Gasteiger partial charge in [-0.1, -0.05) is 0 Å². The second kappa shape index (κ2) is 10.0. The average molecular weight is 526 g/mol. The van der Waals surface area contributed by atoms with Crippen LogP contribution in [0.4, 0.5) is 0 Å². The van der Waals surface area contributed by atoms with Crippen LogP contribution in [-0.2, 0) is 2.79 Å². The van der Waals surface area contributed by atoms with Gasteiger partial charge >= 0.3 is 197 Å². The molecule has 31 heavy (non-hydrogen) atoms. The molecule has 0 N–H and O–H groups in total. The van der Waals surface area contributed by atoms with Crippen molar-refractivity contribution in [3.8, 4) is 0 Å². The van der Waals surface area contributed by atoms with Gasteiger partial charge in [-0.3, -0.25) is 0 Å². The van der Waals surface area contributed by atoms with Gasteiger partial charge in [-0.2, -0.15) is 0 Å². The number of hydrogen-bond donors (Lipinski definition) is 0. The maximum absolute atomic E-state index is 7.29. The summed E-state index contributed by atoms with van der Waals surface area (Å²) in [6.45, 7) is 8.59. The molecule has 1 nitrogen and oxygen atoms in total. The van der Waals surface area contributed by atoms with Crippen LogP contribution in [0.1, 0.15) is 22.3 Å². The third kappa shape index (κ3) is 5.59. The quantitative estimate of drug-likeness (QED) is 0.348. The monoisotopic (exact) mass is 528 g/mol. The van der Waals surface area contributed by atoms with Crippen molar-refractivity contribution in [1.82, 2.24) is 0 Å². The summed E-state index contributed by atoms with van der Waals surface area (Å²) in [5.74, 6) is 0. The van der Waals surface area contributed by atoms with Gasteiger partial charge in [0.2, 0.25) is 0 Å². The van der Waals surface area contributed by atoms with E-state index >= 15 is 0 Å². The van der Waals surface area contributed by atoms with E-state index in [1.54, 1.807) is 0 Å². The maximum atomic E-state index is 7.29. The van der Waals surface area contributed by atoms with Crippen molar-refractivity contribution in [2.75, 3.05) is 0 Å². The molecule has 154 valence electrons. The summed E-state index contributed by atoms with van der Waals surface area (Å²) in [6.07, 6.45) is 0. The summed E-state index contributed by atoms with van der Waals surface area (Å²) < 4.78 is 12.8. The van der Waals surface area contributed by atoms with Gasteiger partial charge in [0.15, 0.2) is 0 Å². The van der Waals surface area contributed by atoms with Crippen LogP contribution >= 0.6 is 0 Å². The first-order chi connectivity index (χ1) is 15.0. The Bertz CT molecular complexity index is 932. The van der Waals surface area contributed by atoms with Crippen molar-refractivity contribution in [3.63, 3.8) is 0 Å². The Balaban J connectivity index is 1.79. The van der Waals surface area contributed by atoms with Gasteiger partial charge in [0.25, 0.3) is 0 Å². The van der Waals surface area contributed by atoms with Crippen LogP contribution in [0.2, 0.25) is 0 Å². The Morgan fingerprint density at radius 1 is 0.355 bits per heavy atom. The third-order valence-electron chi connectivity index (χ3n) is 5.46. The van der Waals surface area contributed by atoms with Crippen molar-refractivity contribution >= 4 is 47.0 Å². The zero-order chi connectivity index (χ0) is 21.8. The molecule has 0 amide bonds. The van der Waals surface area contributed by atoms with Crippen LogP contribution in [0.15, 0.2) is 97.1 Å². The van der Waals surface area contributed by atoms with Crippen LogP contribution < -0.4 is 17.6 Å². The molecule has 4 aromatic rings. The molecule has 0 bridgehead atoms. The normalized spacial score (nSPS) is 11.3. The summed E-state index contributed by atoms with van der Waals surface area (Å²) in [6, 6.07) is 36.0. The summed E-state index contributed by atoms with van der Waals surface area (Å²) in [4.78, 5) is 0. The first-order valence-corrected chi connectivity index (χ1v) is 16.6. The number of rotatable bonds is 6. The first-order valence-electron chi connectivity index (χ1n) is 10.7. The number of benzene rings is 4.